The standard InChI is InChI=1S/C25H37N5O5S/c1-19-7-6-8-20(15-19)30-17-22(34-18-25(5)9-10-25)21(16-26-30)28-11-13-29(14-12-28)36(32,33)27-23(31)35-24(2,3)4/h6-8,15-16H,9-14,17-18H2,1-5H3,(H,27,31). The molecule has 2 fully saturated rings. The predicted molar refractivity (Wildman–Crippen MR) is 139 cm³/mol. The molecule has 0 radical (unpaired) electrons. The van der Waals surface area contributed by atoms with Crippen molar-refractivity contribution in [3.8, 4) is 0 Å². The lowest BCUT2D eigenvalue weighted by Crippen LogP contribution is -2.53. The summed E-state index contributed by atoms with van der Waals surface area (Å²) in [6.45, 7) is 11.8. The van der Waals surface area contributed by atoms with Crippen molar-refractivity contribution in [3.05, 3.63) is 41.3 Å². The van der Waals surface area contributed by atoms with Crippen LogP contribution in [-0.4, -0.2) is 74.9 Å². The first-order valence-corrected chi connectivity index (χ1v) is 13.8. The highest BCUT2D eigenvalue weighted by atomic mass is 32.2. The second kappa shape index (κ2) is 9.93. The molecule has 1 N–H and O–H groups in total. The van der Waals surface area contributed by atoms with Crippen molar-refractivity contribution < 1.29 is 22.7 Å². The van der Waals surface area contributed by atoms with Gasteiger partial charge < -0.3 is 14.4 Å². The average molecular weight is 520 g/mol. The van der Waals surface area contributed by atoms with E-state index in [-0.39, 0.29) is 18.5 Å². The Kier molecular flexibility index (Phi) is 7.25. The topological polar surface area (TPSA) is 104 Å². The zero-order valence-corrected chi connectivity index (χ0v) is 22.6. The van der Waals surface area contributed by atoms with Crippen LogP contribution in [0.5, 0.6) is 0 Å². The van der Waals surface area contributed by atoms with Gasteiger partial charge in [-0.3, -0.25) is 5.01 Å². The van der Waals surface area contributed by atoms with Gasteiger partial charge in [0.15, 0.2) is 0 Å². The molecule has 4 rings (SSSR count). The number of anilines is 1. The minimum Gasteiger partial charge on any atom is -0.493 e. The van der Waals surface area contributed by atoms with E-state index in [2.05, 4.69) is 36.0 Å². The monoisotopic (exact) mass is 519 g/mol. The first-order chi connectivity index (χ1) is 16.8. The molecule has 1 saturated heterocycles. The maximum absolute atomic E-state index is 12.7. The summed E-state index contributed by atoms with van der Waals surface area (Å²) >= 11 is 0. The zero-order valence-electron chi connectivity index (χ0n) is 21.8. The molecule has 10 nitrogen and oxygen atoms in total. The first kappa shape index (κ1) is 26.3. The number of allylic oxidation sites excluding steroid dienone is 1. The van der Waals surface area contributed by atoms with Crippen LogP contribution in [0.15, 0.2) is 40.8 Å². The molecule has 2 heterocycles. The van der Waals surface area contributed by atoms with E-state index >= 15 is 0 Å². The highest BCUT2D eigenvalue weighted by molar-refractivity contribution is 7.87. The second-order valence-electron chi connectivity index (χ2n) is 11.0. The molecule has 198 valence electrons. The van der Waals surface area contributed by atoms with E-state index in [1.54, 1.807) is 27.0 Å². The third-order valence-corrected chi connectivity index (χ3v) is 7.90. The van der Waals surface area contributed by atoms with Crippen LogP contribution in [0.3, 0.4) is 0 Å². The van der Waals surface area contributed by atoms with Gasteiger partial charge in [0, 0.05) is 31.6 Å². The van der Waals surface area contributed by atoms with Crippen molar-refractivity contribution in [1.82, 2.24) is 13.9 Å². The Morgan fingerprint density at radius 2 is 1.86 bits per heavy atom. The fourth-order valence-corrected chi connectivity index (χ4v) is 5.06. The molecular formula is C25H37N5O5S. The highest BCUT2D eigenvalue weighted by Gasteiger charge is 2.39. The van der Waals surface area contributed by atoms with E-state index in [9.17, 15) is 13.2 Å². The molecule has 0 spiro atoms. The number of ether oxygens (including phenoxy) is 2. The largest absolute Gasteiger partial charge is 0.493 e. The van der Waals surface area contributed by atoms with Crippen molar-refractivity contribution in [2.75, 3.05) is 44.3 Å². The van der Waals surface area contributed by atoms with E-state index < -0.39 is 21.9 Å². The third-order valence-electron chi connectivity index (χ3n) is 6.43. The van der Waals surface area contributed by atoms with Gasteiger partial charge in [0.05, 0.1) is 24.2 Å². The van der Waals surface area contributed by atoms with Crippen LogP contribution < -0.4 is 9.73 Å². The molecule has 1 amide bonds. The van der Waals surface area contributed by atoms with Crippen molar-refractivity contribution in [2.24, 2.45) is 10.5 Å². The number of hydrogen-bond acceptors (Lipinski definition) is 8. The molecule has 11 heteroatoms. The number of carbonyl (C=O) groups excluding carboxylic acids is 1. The molecule has 1 aromatic carbocycles. The van der Waals surface area contributed by atoms with Crippen LogP contribution in [-0.2, 0) is 19.7 Å². The maximum atomic E-state index is 12.7. The van der Waals surface area contributed by atoms with Gasteiger partial charge in [-0.15, -0.1) is 0 Å². The summed E-state index contributed by atoms with van der Waals surface area (Å²) in [5.41, 5.74) is 2.46. The smallest absolute Gasteiger partial charge is 0.422 e. The van der Waals surface area contributed by atoms with Gasteiger partial charge in [-0.25, -0.2) is 9.52 Å². The van der Waals surface area contributed by atoms with Gasteiger partial charge in [0.25, 0.3) is 0 Å². The Morgan fingerprint density at radius 1 is 1.17 bits per heavy atom. The third kappa shape index (κ3) is 6.70. The Morgan fingerprint density at radius 3 is 2.47 bits per heavy atom. The minimum atomic E-state index is -4.00. The van der Waals surface area contributed by atoms with Crippen LogP contribution in [0.25, 0.3) is 0 Å². The summed E-state index contributed by atoms with van der Waals surface area (Å²) in [5, 5.41) is 6.60. The summed E-state index contributed by atoms with van der Waals surface area (Å²) in [5.74, 6) is 0.836. The quantitative estimate of drug-likeness (QED) is 0.590. The minimum absolute atomic E-state index is 0.223. The van der Waals surface area contributed by atoms with Crippen LogP contribution in [0.2, 0.25) is 0 Å². The summed E-state index contributed by atoms with van der Waals surface area (Å²) in [4.78, 5) is 14.1. The van der Waals surface area contributed by atoms with Crippen LogP contribution in [0.1, 0.15) is 46.1 Å². The molecule has 0 aromatic heterocycles. The predicted octanol–water partition coefficient (Wildman–Crippen LogP) is 3.22. The summed E-state index contributed by atoms with van der Waals surface area (Å²) in [6, 6.07) is 8.17. The van der Waals surface area contributed by atoms with Gasteiger partial charge in [-0.2, -0.15) is 17.8 Å². The van der Waals surface area contributed by atoms with Crippen molar-refractivity contribution >= 4 is 28.2 Å². The first-order valence-electron chi connectivity index (χ1n) is 12.3. The number of hydrogen-bond donors (Lipinski definition) is 1. The molecule has 1 aliphatic carbocycles. The number of amides is 1. The number of hydrazone groups is 1. The Labute approximate surface area is 214 Å². The summed E-state index contributed by atoms with van der Waals surface area (Å²) < 4.78 is 40.1. The van der Waals surface area contributed by atoms with Gasteiger partial charge in [-0.1, -0.05) is 19.1 Å². The summed E-state index contributed by atoms with van der Waals surface area (Å²) in [7, 11) is -4.00. The van der Waals surface area contributed by atoms with Gasteiger partial charge in [0.1, 0.15) is 17.9 Å². The lowest BCUT2D eigenvalue weighted by molar-refractivity contribution is 0.0566. The normalized spacial score (nSPS) is 20.4. The Balaban J connectivity index is 1.44. The molecule has 0 unspecified atom stereocenters. The number of nitrogens with one attached hydrogen (secondary N) is 1. The van der Waals surface area contributed by atoms with Gasteiger partial charge in [0.2, 0.25) is 0 Å². The SMILES string of the molecule is Cc1cccc(N2CC(OCC3(C)CC3)=C(N3CCN(S(=O)(=O)NC(=O)OC(C)(C)C)CC3)C=N2)c1. The molecular weight excluding hydrogens is 482 g/mol. The number of nitrogens with zero attached hydrogens (tertiary/aromatic N) is 4. The lowest BCUT2D eigenvalue weighted by atomic mass is 10.1. The summed E-state index contributed by atoms with van der Waals surface area (Å²) in [6.07, 6.45) is 3.14. The van der Waals surface area contributed by atoms with Crippen LogP contribution in [0.4, 0.5) is 10.5 Å². The lowest BCUT2D eigenvalue weighted by Gasteiger charge is -2.38. The molecule has 2 aliphatic heterocycles. The van der Waals surface area contributed by atoms with Crippen LogP contribution in [0, 0.1) is 12.3 Å². The number of piperazine rings is 1. The molecule has 0 atom stereocenters. The molecule has 3 aliphatic rings. The Bertz CT molecular complexity index is 1150. The van der Waals surface area contributed by atoms with Crippen molar-refractivity contribution in [3.63, 3.8) is 0 Å². The van der Waals surface area contributed by atoms with Crippen LogP contribution >= 0.6 is 0 Å². The fourth-order valence-electron chi connectivity index (χ4n) is 4.04. The maximum Gasteiger partial charge on any atom is 0.422 e. The van der Waals surface area contributed by atoms with Gasteiger partial charge >= 0.3 is 16.3 Å². The van der Waals surface area contributed by atoms with E-state index in [1.807, 2.05) is 21.9 Å². The number of rotatable bonds is 7. The fraction of sp³-hybridized carbons (Fsp3) is 0.600. The average Bonchev–Trinajstić information content (AvgIpc) is 3.53. The number of aryl methyl sites for hydroxylation is 1. The van der Waals surface area contributed by atoms with E-state index in [4.69, 9.17) is 9.47 Å². The number of benzene rings is 1. The van der Waals surface area contributed by atoms with Crippen molar-refractivity contribution in [2.45, 2.75) is 53.1 Å². The van der Waals surface area contributed by atoms with E-state index in [0.717, 1.165) is 35.5 Å². The zero-order chi connectivity index (χ0) is 26.1. The molecule has 36 heavy (non-hydrogen) atoms. The highest BCUT2D eigenvalue weighted by Crippen LogP contribution is 2.45. The number of carbonyl (C=O) groups is 1. The molecule has 1 saturated carbocycles. The Hall–Kier alpha value is -2.79. The molecule has 1 aromatic rings. The molecule has 0 bridgehead atoms. The van der Waals surface area contributed by atoms with E-state index in [0.29, 0.717) is 26.2 Å². The second-order valence-corrected chi connectivity index (χ2v) is 12.7. The van der Waals surface area contributed by atoms with E-state index in [1.165, 1.54) is 4.31 Å². The van der Waals surface area contributed by atoms with Crippen molar-refractivity contribution in [1.29, 1.82) is 0 Å². The van der Waals surface area contributed by atoms with Gasteiger partial charge in [-0.05, 0) is 58.2 Å².